The molecule has 0 spiro atoms. The number of halogens is 7. The molecule has 0 N–H and O–H groups in total. The van der Waals surface area contributed by atoms with Gasteiger partial charge in [-0.3, -0.25) is 4.79 Å². The highest BCUT2D eigenvalue weighted by Gasteiger charge is 2.72. The summed E-state index contributed by atoms with van der Waals surface area (Å²) in [5.41, 5.74) is -7.46. The van der Waals surface area contributed by atoms with Crippen LogP contribution in [0.15, 0.2) is 79.4 Å². The SMILES string of the molecule is C=CC(=O)OCCCCCCCCOc1ccc(C(=O)Oc2ccc(C(c3ccc(OC(C)=O)cc3)(C(F)(F)F)C(F)(F)F)cc2)c(F)c1. The second kappa shape index (κ2) is 17.0. The van der Waals surface area contributed by atoms with E-state index in [0.717, 1.165) is 81.5 Å². The van der Waals surface area contributed by atoms with Crippen LogP contribution < -0.4 is 14.2 Å². The van der Waals surface area contributed by atoms with Crippen molar-refractivity contribution in [3.63, 3.8) is 0 Å². The van der Waals surface area contributed by atoms with Crippen molar-refractivity contribution in [2.75, 3.05) is 13.2 Å². The predicted octanol–water partition coefficient (Wildman–Crippen LogP) is 8.83. The molecule has 0 amide bonds. The van der Waals surface area contributed by atoms with Gasteiger partial charge in [-0.25, -0.2) is 14.0 Å². The molecular weight excluding hydrogens is 665 g/mol. The van der Waals surface area contributed by atoms with Crippen molar-refractivity contribution < 1.29 is 64.1 Å². The first-order valence-electron chi connectivity index (χ1n) is 15.1. The van der Waals surface area contributed by atoms with Crippen LogP contribution in [0.25, 0.3) is 0 Å². The number of carbonyl (C=O) groups is 3. The lowest BCUT2D eigenvalue weighted by atomic mass is 9.73. The van der Waals surface area contributed by atoms with Crippen LogP contribution in [0.1, 0.15) is 66.9 Å². The van der Waals surface area contributed by atoms with Crippen LogP contribution in [0.3, 0.4) is 0 Å². The third-order valence-electron chi connectivity index (χ3n) is 7.28. The minimum Gasteiger partial charge on any atom is -0.493 e. The first-order valence-corrected chi connectivity index (χ1v) is 15.1. The van der Waals surface area contributed by atoms with E-state index in [1.165, 1.54) is 6.07 Å². The lowest BCUT2D eigenvalue weighted by Crippen LogP contribution is -2.54. The highest BCUT2D eigenvalue weighted by molar-refractivity contribution is 5.91. The number of esters is 3. The number of rotatable bonds is 16. The Morgan fingerprint density at radius 3 is 1.61 bits per heavy atom. The molecule has 7 nitrogen and oxygen atoms in total. The molecule has 0 unspecified atom stereocenters. The summed E-state index contributed by atoms with van der Waals surface area (Å²) in [4.78, 5) is 34.7. The lowest BCUT2D eigenvalue weighted by Gasteiger charge is -2.38. The van der Waals surface area contributed by atoms with Crippen LogP contribution in [-0.4, -0.2) is 43.5 Å². The molecule has 0 aliphatic rings. The summed E-state index contributed by atoms with van der Waals surface area (Å²) in [6.07, 6.45) is -5.68. The number of ether oxygens (including phenoxy) is 4. The summed E-state index contributed by atoms with van der Waals surface area (Å²) in [6.45, 7) is 4.94. The van der Waals surface area contributed by atoms with Gasteiger partial charge in [0.15, 0.2) is 0 Å². The third-order valence-corrected chi connectivity index (χ3v) is 7.28. The van der Waals surface area contributed by atoms with E-state index in [-0.39, 0.29) is 18.1 Å². The first kappa shape index (κ1) is 38.6. The number of hydrogen-bond acceptors (Lipinski definition) is 7. The highest BCUT2D eigenvalue weighted by atomic mass is 19.4. The predicted molar refractivity (Wildman–Crippen MR) is 163 cm³/mol. The fraction of sp³-hybridized carbons (Fsp3) is 0.343. The average molecular weight is 699 g/mol. The Bertz CT molecular complexity index is 1570. The third kappa shape index (κ3) is 10.1. The summed E-state index contributed by atoms with van der Waals surface area (Å²) >= 11 is 0. The Kier molecular flexibility index (Phi) is 13.4. The number of hydrogen-bond donors (Lipinski definition) is 0. The van der Waals surface area contributed by atoms with Crippen LogP contribution in [0.5, 0.6) is 17.2 Å². The van der Waals surface area contributed by atoms with Crippen molar-refractivity contribution in [3.8, 4) is 17.2 Å². The van der Waals surface area contributed by atoms with Gasteiger partial charge in [0, 0.05) is 19.1 Å². The van der Waals surface area contributed by atoms with Gasteiger partial charge < -0.3 is 18.9 Å². The maximum Gasteiger partial charge on any atom is 0.411 e. The molecule has 3 rings (SSSR count). The Labute approximate surface area is 277 Å². The van der Waals surface area contributed by atoms with Crippen molar-refractivity contribution in [2.45, 2.75) is 63.2 Å². The largest absolute Gasteiger partial charge is 0.493 e. The van der Waals surface area contributed by atoms with Gasteiger partial charge in [0.25, 0.3) is 0 Å². The van der Waals surface area contributed by atoms with E-state index in [4.69, 9.17) is 18.9 Å². The van der Waals surface area contributed by atoms with E-state index in [1.54, 1.807) is 0 Å². The van der Waals surface area contributed by atoms with Crippen molar-refractivity contribution in [2.24, 2.45) is 0 Å². The second-order valence-corrected chi connectivity index (χ2v) is 10.8. The molecule has 14 heteroatoms. The zero-order valence-corrected chi connectivity index (χ0v) is 26.3. The van der Waals surface area contributed by atoms with Crippen molar-refractivity contribution in [1.29, 1.82) is 0 Å². The van der Waals surface area contributed by atoms with Crippen LogP contribution in [0.4, 0.5) is 30.7 Å². The Morgan fingerprint density at radius 2 is 1.14 bits per heavy atom. The standard InChI is InChI=1S/C35H33F7O7/c1-3-31(44)47-21-9-7-5-4-6-8-20-46-28-18-19-29(30(36)22-28)32(45)49-27-16-12-25(13-17-27)33(34(37,38)39,35(40,41)42)24-10-14-26(15-11-24)48-23(2)43/h3,10-19,22H,1,4-9,20-21H2,2H3. The molecule has 0 aliphatic heterocycles. The van der Waals surface area contributed by atoms with Gasteiger partial charge in [0.2, 0.25) is 5.41 Å². The normalized spacial score (nSPS) is 11.8. The van der Waals surface area contributed by atoms with Crippen molar-refractivity contribution in [1.82, 2.24) is 0 Å². The van der Waals surface area contributed by atoms with E-state index >= 15 is 0 Å². The van der Waals surface area contributed by atoms with E-state index in [1.807, 2.05) is 0 Å². The van der Waals surface area contributed by atoms with Gasteiger partial charge in [-0.15, -0.1) is 0 Å². The van der Waals surface area contributed by atoms with E-state index < -0.39 is 63.9 Å². The molecule has 264 valence electrons. The first-order chi connectivity index (χ1) is 23.1. The Morgan fingerprint density at radius 1 is 0.673 bits per heavy atom. The molecule has 0 atom stereocenters. The molecule has 0 aliphatic carbocycles. The highest BCUT2D eigenvalue weighted by Crippen LogP contribution is 2.56. The minimum atomic E-state index is -5.89. The molecule has 0 radical (unpaired) electrons. The molecule has 0 heterocycles. The zero-order chi connectivity index (χ0) is 36.2. The van der Waals surface area contributed by atoms with Gasteiger partial charge in [0.1, 0.15) is 23.1 Å². The molecule has 0 aromatic heterocycles. The molecule has 0 saturated carbocycles. The van der Waals surface area contributed by atoms with Crippen LogP contribution >= 0.6 is 0 Å². The fourth-order valence-corrected chi connectivity index (χ4v) is 4.94. The molecule has 0 saturated heterocycles. The fourth-order valence-electron chi connectivity index (χ4n) is 4.94. The summed E-state index contributed by atoms with van der Waals surface area (Å²) in [7, 11) is 0. The molecular formula is C35H33F7O7. The van der Waals surface area contributed by atoms with Crippen LogP contribution in [0, 0.1) is 5.82 Å². The molecule has 3 aromatic carbocycles. The maximum atomic E-state index is 14.7. The lowest BCUT2D eigenvalue weighted by molar-refractivity contribution is -0.288. The summed E-state index contributed by atoms with van der Waals surface area (Å²) in [6, 6.07) is 8.58. The van der Waals surface area contributed by atoms with Gasteiger partial charge in [-0.05, 0) is 60.4 Å². The minimum absolute atomic E-state index is 0.138. The Hall–Kier alpha value is -4.88. The summed E-state index contributed by atoms with van der Waals surface area (Å²) in [5, 5.41) is 0. The van der Waals surface area contributed by atoms with Gasteiger partial charge in [-0.1, -0.05) is 56.5 Å². The second-order valence-electron chi connectivity index (χ2n) is 10.8. The zero-order valence-electron chi connectivity index (χ0n) is 26.3. The van der Waals surface area contributed by atoms with Gasteiger partial charge in [0.05, 0.1) is 18.8 Å². The molecule has 0 fully saturated rings. The van der Waals surface area contributed by atoms with Crippen molar-refractivity contribution >= 4 is 17.9 Å². The topological polar surface area (TPSA) is 88.1 Å². The molecule has 49 heavy (non-hydrogen) atoms. The van der Waals surface area contributed by atoms with E-state index in [0.29, 0.717) is 37.3 Å². The molecule has 3 aromatic rings. The number of carbonyl (C=O) groups excluding carboxylic acids is 3. The summed E-state index contributed by atoms with van der Waals surface area (Å²) < 4.78 is 121. The van der Waals surface area contributed by atoms with Gasteiger partial charge >= 0.3 is 30.3 Å². The van der Waals surface area contributed by atoms with Gasteiger partial charge in [-0.2, -0.15) is 26.3 Å². The molecule has 0 bridgehead atoms. The van der Waals surface area contributed by atoms with E-state index in [9.17, 15) is 45.1 Å². The van der Waals surface area contributed by atoms with Crippen LogP contribution in [0.2, 0.25) is 0 Å². The maximum absolute atomic E-state index is 14.7. The smallest absolute Gasteiger partial charge is 0.411 e. The number of alkyl halides is 6. The Balaban J connectivity index is 1.63. The van der Waals surface area contributed by atoms with Crippen molar-refractivity contribution in [3.05, 3.63) is 102 Å². The number of unbranched alkanes of at least 4 members (excludes halogenated alkanes) is 5. The average Bonchev–Trinajstić information content (AvgIpc) is 3.02. The van der Waals surface area contributed by atoms with E-state index in [2.05, 4.69) is 6.58 Å². The van der Waals surface area contributed by atoms with Crippen LogP contribution in [-0.2, 0) is 19.7 Å². The monoisotopic (exact) mass is 698 g/mol. The quantitative estimate of drug-likeness (QED) is 0.0486. The number of benzene rings is 3. The summed E-state index contributed by atoms with van der Waals surface area (Å²) in [5.74, 6) is -4.09.